The number of anilines is 2. The highest BCUT2D eigenvalue weighted by Gasteiger charge is 2.36. The molecular formula is C18H20N4O4. The van der Waals surface area contributed by atoms with Gasteiger partial charge in [-0.1, -0.05) is 0 Å². The third-order valence-corrected chi connectivity index (χ3v) is 4.67. The van der Waals surface area contributed by atoms with E-state index in [0.29, 0.717) is 5.69 Å². The summed E-state index contributed by atoms with van der Waals surface area (Å²) in [6.07, 6.45) is 2.01. The Labute approximate surface area is 151 Å². The number of benzene rings is 1. The highest BCUT2D eigenvalue weighted by atomic mass is 16.5. The number of carbonyl (C=O) groups excluding carboxylic acids is 3. The molecule has 1 atom stereocenters. The fraction of sp³-hybridized carbons (Fsp3) is 0.444. The molecule has 2 aliphatic heterocycles. The highest BCUT2D eigenvalue weighted by Crippen LogP contribution is 2.37. The van der Waals surface area contributed by atoms with Gasteiger partial charge in [0, 0.05) is 20.1 Å². The van der Waals surface area contributed by atoms with Crippen molar-refractivity contribution in [1.82, 2.24) is 4.90 Å². The van der Waals surface area contributed by atoms with Crippen molar-refractivity contribution in [2.24, 2.45) is 0 Å². The van der Waals surface area contributed by atoms with Crippen LogP contribution in [0.2, 0.25) is 0 Å². The third-order valence-electron chi connectivity index (χ3n) is 4.67. The second-order valence-corrected chi connectivity index (χ2v) is 6.37. The highest BCUT2D eigenvalue weighted by molar-refractivity contribution is 6.05. The van der Waals surface area contributed by atoms with E-state index in [1.54, 1.807) is 25.2 Å². The topological polar surface area (TPSA) is 103 Å². The molecule has 3 rings (SSSR count). The van der Waals surface area contributed by atoms with Gasteiger partial charge < -0.3 is 19.9 Å². The molecule has 0 unspecified atom stereocenters. The van der Waals surface area contributed by atoms with E-state index in [1.165, 1.54) is 4.90 Å². The summed E-state index contributed by atoms with van der Waals surface area (Å²) in [6, 6.07) is 6.83. The second kappa shape index (κ2) is 7.44. The van der Waals surface area contributed by atoms with Gasteiger partial charge in [0.05, 0.1) is 29.4 Å². The van der Waals surface area contributed by atoms with Crippen LogP contribution >= 0.6 is 0 Å². The average molecular weight is 356 g/mol. The van der Waals surface area contributed by atoms with Gasteiger partial charge in [-0.2, -0.15) is 5.26 Å². The third kappa shape index (κ3) is 3.47. The molecule has 1 fully saturated rings. The molecule has 0 aliphatic carbocycles. The molecule has 1 saturated heterocycles. The van der Waals surface area contributed by atoms with E-state index in [2.05, 4.69) is 10.2 Å². The first-order valence-corrected chi connectivity index (χ1v) is 8.51. The Kier molecular flexibility index (Phi) is 5.07. The minimum Gasteiger partial charge on any atom is -0.452 e. The predicted octanol–water partition coefficient (Wildman–Crippen LogP) is 1.14. The fourth-order valence-corrected chi connectivity index (χ4v) is 3.22. The summed E-state index contributed by atoms with van der Waals surface area (Å²) in [7, 11) is 1.55. The van der Waals surface area contributed by atoms with Crippen molar-refractivity contribution in [1.29, 1.82) is 5.26 Å². The SMILES string of the molecule is CN(CCC#N)C(=O)COC(=O)c1ccc2c(c1)NC(=O)[C@H]1CCCN21. The van der Waals surface area contributed by atoms with E-state index in [-0.39, 0.29) is 36.4 Å². The van der Waals surface area contributed by atoms with Crippen LogP contribution in [0, 0.1) is 11.3 Å². The fourth-order valence-electron chi connectivity index (χ4n) is 3.22. The number of rotatable bonds is 5. The van der Waals surface area contributed by atoms with E-state index in [0.717, 1.165) is 25.1 Å². The summed E-state index contributed by atoms with van der Waals surface area (Å²) in [5, 5.41) is 11.4. The number of nitrogens with one attached hydrogen (secondary N) is 1. The van der Waals surface area contributed by atoms with Crippen molar-refractivity contribution >= 4 is 29.2 Å². The largest absolute Gasteiger partial charge is 0.452 e. The first-order valence-electron chi connectivity index (χ1n) is 8.51. The Bertz CT molecular complexity index is 786. The first kappa shape index (κ1) is 17.7. The Morgan fingerprint density at radius 3 is 3.04 bits per heavy atom. The predicted molar refractivity (Wildman–Crippen MR) is 93.6 cm³/mol. The molecule has 26 heavy (non-hydrogen) atoms. The molecule has 2 heterocycles. The monoisotopic (exact) mass is 356 g/mol. The normalized spacial score (nSPS) is 17.6. The van der Waals surface area contributed by atoms with Gasteiger partial charge in [0.15, 0.2) is 6.61 Å². The summed E-state index contributed by atoms with van der Waals surface area (Å²) < 4.78 is 5.06. The van der Waals surface area contributed by atoms with Crippen molar-refractivity contribution in [2.45, 2.75) is 25.3 Å². The van der Waals surface area contributed by atoms with Crippen LogP contribution in [-0.2, 0) is 14.3 Å². The van der Waals surface area contributed by atoms with Crippen LogP contribution in [0.5, 0.6) is 0 Å². The lowest BCUT2D eigenvalue weighted by atomic mass is 10.1. The van der Waals surface area contributed by atoms with Crippen molar-refractivity contribution in [2.75, 3.05) is 37.0 Å². The molecule has 1 aromatic carbocycles. The average Bonchev–Trinajstić information content (AvgIpc) is 3.14. The van der Waals surface area contributed by atoms with Crippen LogP contribution in [0.15, 0.2) is 18.2 Å². The quantitative estimate of drug-likeness (QED) is 0.794. The summed E-state index contributed by atoms with van der Waals surface area (Å²) in [4.78, 5) is 39.6. The lowest BCUT2D eigenvalue weighted by Crippen LogP contribution is -2.43. The number of nitrogens with zero attached hydrogens (tertiary/aromatic N) is 3. The van der Waals surface area contributed by atoms with Gasteiger partial charge in [0.2, 0.25) is 5.91 Å². The van der Waals surface area contributed by atoms with Gasteiger partial charge in [-0.05, 0) is 31.0 Å². The Balaban J connectivity index is 1.64. The second-order valence-electron chi connectivity index (χ2n) is 6.37. The molecule has 0 aromatic heterocycles. The van der Waals surface area contributed by atoms with E-state index >= 15 is 0 Å². The maximum Gasteiger partial charge on any atom is 0.338 e. The Morgan fingerprint density at radius 2 is 2.27 bits per heavy atom. The van der Waals surface area contributed by atoms with Crippen LogP contribution in [0.4, 0.5) is 11.4 Å². The number of esters is 1. The van der Waals surface area contributed by atoms with Gasteiger partial charge >= 0.3 is 5.97 Å². The van der Waals surface area contributed by atoms with E-state index in [4.69, 9.17) is 10.00 Å². The molecule has 0 saturated carbocycles. The molecule has 0 bridgehead atoms. The van der Waals surface area contributed by atoms with Crippen molar-refractivity contribution in [3.8, 4) is 6.07 Å². The molecule has 2 aliphatic rings. The number of hydrogen-bond donors (Lipinski definition) is 1. The van der Waals surface area contributed by atoms with Gasteiger partial charge in [0.1, 0.15) is 6.04 Å². The van der Waals surface area contributed by atoms with Crippen LogP contribution in [0.3, 0.4) is 0 Å². The zero-order valence-corrected chi connectivity index (χ0v) is 14.5. The van der Waals surface area contributed by atoms with Crippen molar-refractivity contribution in [3.05, 3.63) is 23.8 Å². The van der Waals surface area contributed by atoms with Crippen molar-refractivity contribution in [3.63, 3.8) is 0 Å². The number of likely N-dealkylation sites (N-methyl/N-ethyl adjacent to an activating group) is 1. The van der Waals surface area contributed by atoms with Gasteiger partial charge in [-0.25, -0.2) is 4.79 Å². The number of carbonyl (C=O) groups is 3. The zero-order chi connectivity index (χ0) is 18.7. The van der Waals surface area contributed by atoms with Crippen LogP contribution in [-0.4, -0.2) is 55.5 Å². The minimum atomic E-state index is -0.632. The Morgan fingerprint density at radius 1 is 1.46 bits per heavy atom. The summed E-state index contributed by atoms with van der Waals surface area (Å²) in [6.45, 7) is 0.714. The van der Waals surface area contributed by atoms with Crippen molar-refractivity contribution < 1.29 is 19.1 Å². The van der Waals surface area contributed by atoms with Crippen LogP contribution < -0.4 is 10.2 Å². The number of hydrogen-bond acceptors (Lipinski definition) is 6. The molecule has 8 heteroatoms. The zero-order valence-electron chi connectivity index (χ0n) is 14.5. The van der Waals surface area contributed by atoms with E-state index in [1.807, 2.05) is 6.07 Å². The lowest BCUT2D eigenvalue weighted by molar-refractivity contribution is -0.133. The Hall–Kier alpha value is -3.08. The van der Waals surface area contributed by atoms with Gasteiger partial charge in [-0.15, -0.1) is 0 Å². The standard InChI is InChI=1S/C18H20N4O4/c1-21(8-3-7-19)16(23)11-26-18(25)12-5-6-14-13(10-12)20-17(24)15-4-2-9-22(14)15/h5-6,10,15H,2-4,8-9,11H2,1H3,(H,20,24)/t15-/m1/s1. The number of nitriles is 1. The number of ether oxygens (including phenoxy) is 1. The van der Waals surface area contributed by atoms with E-state index in [9.17, 15) is 14.4 Å². The van der Waals surface area contributed by atoms with Gasteiger partial charge in [0.25, 0.3) is 5.91 Å². The maximum absolute atomic E-state index is 12.2. The number of amides is 2. The first-order chi connectivity index (χ1) is 12.5. The molecule has 0 spiro atoms. The molecule has 136 valence electrons. The minimum absolute atomic E-state index is 0.0604. The molecule has 0 radical (unpaired) electrons. The molecular weight excluding hydrogens is 336 g/mol. The van der Waals surface area contributed by atoms with Crippen LogP contribution in [0.1, 0.15) is 29.6 Å². The maximum atomic E-state index is 12.2. The summed E-state index contributed by atoms with van der Waals surface area (Å²) in [5.41, 5.74) is 1.75. The summed E-state index contributed by atoms with van der Waals surface area (Å²) >= 11 is 0. The van der Waals surface area contributed by atoms with Crippen LogP contribution in [0.25, 0.3) is 0 Å². The smallest absolute Gasteiger partial charge is 0.338 e. The molecule has 1 aromatic rings. The molecule has 1 N–H and O–H groups in total. The van der Waals surface area contributed by atoms with E-state index < -0.39 is 12.6 Å². The molecule has 8 nitrogen and oxygen atoms in total. The lowest BCUT2D eigenvalue weighted by Gasteiger charge is -2.33. The van der Waals surface area contributed by atoms with Gasteiger partial charge in [-0.3, -0.25) is 9.59 Å². The number of fused-ring (bicyclic) bond motifs is 3. The molecule has 2 amide bonds. The summed E-state index contributed by atoms with van der Waals surface area (Å²) in [5.74, 6) is -1.07.